The lowest BCUT2D eigenvalue weighted by Gasteiger charge is -2.50. The van der Waals surface area contributed by atoms with Crippen LogP contribution in [0.2, 0.25) is 0 Å². The molecule has 2 amide bonds. The number of carbonyl (C=O) groups excluding carboxylic acids is 2. The third-order valence-corrected chi connectivity index (χ3v) is 12.0. The van der Waals surface area contributed by atoms with Crippen molar-refractivity contribution in [1.29, 1.82) is 0 Å². The third-order valence-electron chi connectivity index (χ3n) is 12.0. The maximum Gasteiger partial charge on any atom is 0.253 e. The van der Waals surface area contributed by atoms with Crippen molar-refractivity contribution in [3.63, 3.8) is 0 Å². The van der Waals surface area contributed by atoms with Crippen LogP contribution in [0.15, 0.2) is 66.7 Å². The average Bonchev–Trinajstić information content (AvgIpc) is 3.42. The van der Waals surface area contributed by atoms with Crippen molar-refractivity contribution in [3.05, 3.63) is 89.0 Å². The van der Waals surface area contributed by atoms with Crippen molar-refractivity contribution in [2.75, 3.05) is 26.2 Å². The molecule has 7 rings (SSSR count). The van der Waals surface area contributed by atoms with E-state index in [4.69, 9.17) is 4.74 Å². The second-order valence-electron chi connectivity index (χ2n) is 14.7. The number of amides is 2. The lowest BCUT2D eigenvalue weighted by Crippen LogP contribution is -2.48. The number of ether oxygens (including phenoxy) is 1. The topological polar surface area (TPSA) is 119 Å². The largest absolute Gasteiger partial charge is 0.494 e. The van der Waals surface area contributed by atoms with E-state index in [-0.39, 0.29) is 29.9 Å². The smallest absolute Gasteiger partial charge is 0.253 e. The van der Waals surface area contributed by atoms with Gasteiger partial charge in [0, 0.05) is 30.8 Å². The summed E-state index contributed by atoms with van der Waals surface area (Å²) < 4.78 is 6.10. The fourth-order valence-electron chi connectivity index (χ4n) is 9.09. The van der Waals surface area contributed by atoms with E-state index in [1.807, 2.05) is 24.3 Å². The van der Waals surface area contributed by atoms with Gasteiger partial charge in [0.1, 0.15) is 5.75 Å². The molecule has 0 bridgehead atoms. The monoisotopic (exact) mass is 652 g/mol. The Morgan fingerprint density at radius 3 is 2.33 bits per heavy atom. The number of rotatable bonds is 8. The van der Waals surface area contributed by atoms with Crippen LogP contribution in [0.4, 0.5) is 0 Å². The maximum atomic E-state index is 12.8. The molecule has 1 aliphatic heterocycles. The Morgan fingerprint density at radius 2 is 1.60 bits per heavy atom. The predicted molar refractivity (Wildman–Crippen MR) is 184 cm³/mol. The first kappa shape index (κ1) is 32.8. The molecule has 7 unspecified atom stereocenters. The summed E-state index contributed by atoms with van der Waals surface area (Å²) in [5.41, 5.74) is 5.99. The lowest BCUT2D eigenvalue weighted by atomic mass is 9.55. The first-order valence-corrected chi connectivity index (χ1v) is 17.8. The summed E-state index contributed by atoms with van der Waals surface area (Å²) in [4.78, 5) is 27.2. The summed E-state index contributed by atoms with van der Waals surface area (Å²) in [6.45, 7) is 3.91. The van der Waals surface area contributed by atoms with Gasteiger partial charge in [0.15, 0.2) is 0 Å². The van der Waals surface area contributed by atoms with Crippen LogP contribution in [-0.4, -0.2) is 76.6 Å². The number of hydrogen-bond acceptors (Lipinski definition) is 6. The van der Waals surface area contributed by atoms with Gasteiger partial charge in [-0.25, -0.2) is 0 Å². The molecule has 0 aromatic heterocycles. The van der Waals surface area contributed by atoms with Crippen molar-refractivity contribution in [1.82, 2.24) is 10.2 Å². The molecule has 2 saturated carbocycles. The molecule has 254 valence electrons. The number of nitrogens with zero attached hydrogens (tertiary/aromatic N) is 1. The van der Waals surface area contributed by atoms with Gasteiger partial charge in [0.2, 0.25) is 0 Å². The second-order valence-corrected chi connectivity index (χ2v) is 14.7. The molecular weight excluding hydrogens is 604 g/mol. The Bertz CT molecular complexity index is 1620. The van der Waals surface area contributed by atoms with Gasteiger partial charge in [-0.05, 0) is 133 Å². The Kier molecular flexibility index (Phi) is 9.33. The van der Waals surface area contributed by atoms with Crippen LogP contribution in [0.5, 0.6) is 5.75 Å². The highest BCUT2D eigenvalue weighted by Crippen LogP contribution is 2.60. The molecule has 3 aromatic carbocycles. The quantitative estimate of drug-likeness (QED) is 0.244. The standard InChI is InChI=1S/C40H48N2O6/c1-40-19-17-32-31-14-12-30(23-29(31)11-13-33(32)34(40)15-16-37(40)45)48-22-2-20-41-38(46)27-7-3-25(4-8-27)26-5-9-28(10-6-26)39(47)42-21-18-35(43)36(44)24-42/h3-10,12,14,23,32-37,43-45H,2,11,13,15-22,24H2,1H3,(H,41,46). The van der Waals surface area contributed by atoms with Crippen LogP contribution in [-0.2, 0) is 6.42 Å². The number of β-amino-alcohol motifs (C(OH)–C–C–N with tert-alkyl or cyclic N) is 1. The van der Waals surface area contributed by atoms with E-state index in [0.717, 1.165) is 42.6 Å². The number of aliphatic hydroxyl groups excluding tert-OH is 3. The molecule has 1 heterocycles. The number of aliphatic hydroxyl groups is 3. The minimum absolute atomic E-state index is 0.102. The molecule has 3 aliphatic carbocycles. The van der Waals surface area contributed by atoms with Gasteiger partial charge in [-0.15, -0.1) is 0 Å². The number of hydrogen-bond donors (Lipinski definition) is 4. The summed E-state index contributed by atoms with van der Waals surface area (Å²) >= 11 is 0. The molecule has 4 aliphatic rings. The molecule has 8 heteroatoms. The van der Waals surface area contributed by atoms with Gasteiger partial charge in [-0.2, -0.15) is 0 Å². The van der Waals surface area contributed by atoms with Crippen LogP contribution < -0.4 is 10.1 Å². The zero-order chi connectivity index (χ0) is 33.4. The predicted octanol–water partition coefficient (Wildman–Crippen LogP) is 5.34. The minimum atomic E-state index is -0.919. The van der Waals surface area contributed by atoms with Crippen molar-refractivity contribution in [2.24, 2.45) is 17.3 Å². The Hall–Kier alpha value is -3.72. The van der Waals surface area contributed by atoms with E-state index >= 15 is 0 Å². The summed E-state index contributed by atoms with van der Waals surface area (Å²) in [6.07, 6.45) is 5.91. The number of aryl methyl sites for hydroxylation is 1. The molecule has 1 saturated heterocycles. The first-order chi connectivity index (χ1) is 23.2. The molecule has 7 atom stereocenters. The third kappa shape index (κ3) is 6.38. The second kappa shape index (κ2) is 13.7. The van der Waals surface area contributed by atoms with Gasteiger partial charge < -0.3 is 30.3 Å². The van der Waals surface area contributed by atoms with Crippen LogP contribution >= 0.6 is 0 Å². The van der Waals surface area contributed by atoms with E-state index in [2.05, 4.69) is 30.4 Å². The number of piperidine rings is 1. The van der Waals surface area contributed by atoms with Crippen molar-refractivity contribution in [2.45, 2.75) is 82.5 Å². The summed E-state index contributed by atoms with van der Waals surface area (Å²) in [5, 5.41) is 33.3. The maximum absolute atomic E-state index is 12.8. The summed E-state index contributed by atoms with van der Waals surface area (Å²) in [7, 11) is 0. The molecule has 8 nitrogen and oxygen atoms in total. The average molecular weight is 653 g/mol. The van der Waals surface area contributed by atoms with E-state index in [1.54, 1.807) is 29.2 Å². The normalized spacial score (nSPS) is 29.4. The zero-order valence-electron chi connectivity index (χ0n) is 27.8. The van der Waals surface area contributed by atoms with Gasteiger partial charge in [0.25, 0.3) is 11.8 Å². The van der Waals surface area contributed by atoms with Crippen LogP contribution in [0.1, 0.15) is 89.6 Å². The molecule has 48 heavy (non-hydrogen) atoms. The number of nitrogens with one attached hydrogen (secondary N) is 1. The minimum Gasteiger partial charge on any atom is -0.494 e. The van der Waals surface area contributed by atoms with E-state index in [9.17, 15) is 24.9 Å². The van der Waals surface area contributed by atoms with E-state index in [1.165, 1.54) is 24.0 Å². The summed E-state index contributed by atoms with van der Waals surface area (Å²) in [6, 6.07) is 21.3. The molecule has 4 N–H and O–H groups in total. The number of likely N-dealkylation sites (tertiary alicyclic amines) is 1. The molecule has 3 fully saturated rings. The van der Waals surface area contributed by atoms with Gasteiger partial charge in [-0.3, -0.25) is 9.59 Å². The lowest BCUT2D eigenvalue weighted by molar-refractivity contribution is -0.0321. The number of carbonyl (C=O) groups is 2. The van der Waals surface area contributed by atoms with E-state index < -0.39 is 12.2 Å². The SMILES string of the molecule is CC12CCC3c4ccc(OCCCNC(=O)c5ccc(-c6ccc(C(=O)N7CCC(O)C(O)C7)cc6)cc5)cc4CCC3C1CCC2O. The molecule has 3 aromatic rings. The highest BCUT2D eigenvalue weighted by atomic mass is 16.5. The highest BCUT2D eigenvalue weighted by Gasteiger charge is 2.54. The Labute approximate surface area is 283 Å². The first-order valence-electron chi connectivity index (χ1n) is 17.8. The van der Waals surface area contributed by atoms with Gasteiger partial charge in [-0.1, -0.05) is 37.3 Å². The highest BCUT2D eigenvalue weighted by molar-refractivity contribution is 5.95. The fraction of sp³-hybridized carbons (Fsp3) is 0.500. The number of fused-ring (bicyclic) bond motifs is 5. The van der Waals surface area contributed by atoms with Crippen LogP contribution in [0, 0.1) is 17.3 Å². The van der Waals surface area contributed by atoms with Crippen LogP contribution in [0.25, 0.3) is 11.1 Å². The number of benzene rings is 3. The molecule has 0 spiro atoms. The van der Waals surface area contributed by atoms with Gasteiger partial charge in [0.05, 0.1) is 24.9 Å². The molecule has 0 radical (unpaired) electrons. The Morgan fingerprint density at radius 1 is 0.875 bits per heavy atom. The van der Waals surface area contributed by atoms with Crippen molar-refractivity contribution < 1.29 is 29.6 Å². The van der Waals surface area contributed by atoms with E-state index in [0.29, 0.717) is 61.4 Å². The Balaban J connectivity index is 0.858. The summed E-state index contributed by atoms with van der Waals surface area (Å²) in [5.74, 6) is 2.53. The van der Waals surface area contributed by atoms with Crippen LogP contribution in [0.3, 0.4) is 0 Å². The fourth-order valence-corrected chi connectivity index (χ4v) is 9.09. The zero-order valence-corrected chi connectivity index (χ0v) is 27.8. The van der Waals surface area contributed by atoms with Gasteiger partial charge >= 0.3 is 0 Å². The van der Waals surface area contributed by atoms with Crippen molar-refractivity contribution in [3.8, 4) is 16.9 Å². The van der Waals surface area contributed by atoms with Crippen molar-refractivity contribution >= 4 is 11.8 Å². The molecular formula is C40H48N2O6.